The van der Waals surface area contributed by atoms with Crippen LogP contribution >= 0.6 is 0 Å². The molecule has 16 heavy (non-hydrogen) atoms. The standard InChI is InChI=1S/C11H15NO4/c1-16-7-6-10(13)8-9-4-2-3-5-11(9)12(14)15/h2-5,10,13H,6-8H2,1H3. The summed E-state index contributed by atoms with van der Waals surface area (Å²) in [4.78, 5) is 10.3. The monoisotopic (exact) mass is 225 g/mol. The van der Waals surface area contributed by atoms with Crippen LogP contribution in [0.4, 0.5) is 5.69 Å². The number of ether oxygens (including phenoxy) is 1. The molecular weight excluding hydrogens is 210 g/mol. The summed E-state index contributed by atoms with van der Waals surface area (Å²) in [6.45, 7) is 0.446. The molecular formula is C11H15NO4. The van der Waals surface area contributed by atoms with E-state index in [1.807, 2.05) is 0 Å². The number of para-hydroxylation sites is 1. The number of aliphatic hydroxyl groups is 1. The lowest BCUT2D eigenvalue weighted by molar-refractivity contribution is -0.385. The van der Waals surface area contributed by atoms with Crippen LogP contribution in [0.1, 0.15) is 12.0 Å². The van der Waals surface area contributed by atoms with Gasteiger partial charge in [-0.3, -0.25) is 10.1 Å². The zero-order chi connectivity index (χ0) is 12.0. The van der Waals surface area contributed by atoms with Gasteiger partial charge in [-0.2, -0.15) is 0 Å². The van der Waals surface area contributed by atoms with Crippen LogP contribution in [0, 0.1) is 10.1 Å². The SMILES string of the molecule is COCCC(O)Cc1ccccc1[N+](=O)[O-]. The summed E-state index contributed by atoms with van der Waals surface area (Å²) < 4.78 is 4.83. The lowest BCUT2D eigenvalue weighted by Gasteiger charge is -2.09. The predicted molar refractivity (Wildman–Crippen MR) is 59.3 cm³/mol. The number of hydrogen-bond donors (Lipinski definition) is 1. The van der Waals surface area contributed by atoms with E-state index < -0.39 is 11.0 Å². The van der Waals surface area contributed by atoms with Crippen molar-refractivity contribution < 1.29 is 14.8 Å². The van der Waals surface area contributed by atoms with Crippen LogP contribution in [0.15, 0.2) is 24.3 Å². The smallest absolute Gasteiger partial charge is 0.272 e. The molecule has 0 spiro atoms. The topological polar surface area (TPSA) is 72.6 Å². The second-order valence-electron chi connectivity index (χ2n) is 3.53. The number of methoxy groups -OCH3 is 1. The Morgan fingerprint density at radius 1 is 1.50 bits per heavy atom. The zero-order valence-corrected chi connectivity index (χ0v) is 9.13. The highest BCUT2D eigenvalue weighted by Gasteiger charge is 2.15. The van der Waals surface area contributed by atoms with Gasteiger partial charge < -0.3 is 9.84 Å². The first-order valence-electron chi connectivity index (χ1n) is 5.04. The zero-order valence-electron chi connectivity index (χ0n) is 9.13. The highest BCUT2D eigenvalue weighted by Crippen LogP contribution is 2.19. The lowest BCUT2D eigenvalue weighted by Crippen LogP contribution is -2.14. The van der Waals surface area contributed by atoms with Gasteiger partial charge in [0, 0.05) is 31.8 Å². The summed E-state index contributed by atoms with van der Waals surface area (Å²) in [6, 6.07) is 6.45. The van der Waals surface area contributed by atoms with Crippen LogP contribution in [-0.2, 0) is 11.2 Å². The number of nitrogens with zero attached hydrogens (tertiary/aromatic N) is 1. The van der Waals surface area contributed by atoms with Crippen molar-refractivity contribution in [2.45, 2.75) is 18.9 Å². The fraction of sp³-hybridized carbons (Fsp3) is 0.455. The average molecular weight is 225 g/mol. The van der Waals surface area contributed by atoms with Crippen molar-refractivity contribution in [2.24, 2.45) is 0 Å². The molecule has 5 heteroatoms. The molecule has 1 atom stereocenters. The maximum Gasteiger partial charge on any atom is 0.272 e. The van der Waals surface area contributed by atoms with Gasteiger partial charge in [0.25, 0.3) is 5.69 Å². The maximum atomic E-state index is 10.7. The van der Waals surface area contributed by atoms with Crippen LogP contribution in [0.5, 0.6) is 0 Å². The molecule has 0 heterocycles. The molecule has 0 aromatic heterocycles. The van der Waals surface area contributed by atoms with E-state index in [0.717, 1.165) is 0 Å². The molecule has 0 amide bonds. The third kappa shape index (κ3) is 3.60. The van der Waals surface area contributed by atoms with Crippen molar-refractivity contribution in [2.75, 3.05) is 13.7 Å². The van der Waals surface area contributed by atoms with Crippen LogP contribution < -0.4 is 0 Å². The molecule has 1 N–H and O–H groups in total. The van der Waals surface area contributed by atoms with Gasteiger partial charge in [-0.25, -0.2) is 0 Å². The Hall–Kier alpha value is -1.46. The number of rotatable bonds is 6. The van der Waals surface area contributed by atoms with Gasteiger partial charge in [0.05, 0.1) is 11.0 Å². The van der Waals surface area contributed by atoms with Gasteiger partial charge in [-0.15, -0.1) is 0 Å². The Kier molecular flexibility index (Phi) is 4.88. The number of benzene rings is 1. The summed E-state index contributed by atoms with van der Waals surface area (Å²) >= 11 is 0. The van der Waals surface area contributed by atoms with Crippen LogP contribution in [-0.4, -0.2) is 29.9 Å². The Bertz CT molecular complexity index is 354. The van der Waals surface area contributed by atoms with Crippen molar-refractivity contribution in [3.05, 3.63) is 39.9 Å². The molecule has 0 saturated heterocycles. The molecule has 1 unspecified atom stereocenters. The largest absolute Gasteiger partial charge is 0.393 e. The third-order valence-corrected chi connectivity index (χ3v) is 2.30. The van der Waals surface area contributed by atoms with Crippen molar-refractivity contribution in [3.8, 4) is 0 Å². The van der Waals surface area contributed by atoms with Gasteiger partial charge in [0.1, 0.15) is 0 Å². The summed E-state index contributed by atoms with van der Waals surface area (Å²) in [6.07, 6.45) is 0.143. The molecule has 1 aromatic carbocycles. The van der Waals surface area contributed by atoms with Gasteiger partial charge in [-0.05, 0) is 6.42 Å². The minimum atomic E-state index is -0.610. The van der Waals surface area contributed by atoms with E-state index in [1.165, 1.54) is 6.07 Å². The molecule has 1 rings (SSSR count). The summed E-state index contributed by atoms with van der Waals surface area (Å²) in [5.74, 6) is 0. The lowest BCUT2D eigenvalue weighted by atomic mass is 10.0. The summed E-state index contributed by atoms with van der Waals surface area (Å²) in [7, 11) is 1.55. The number of hydrogen-bond acceptors (Lipinski definition) is 4. The average Bonchev–Trinajstić information content (AvgIpc) is 2.27. The number of aliphatic hydroxyl groups excluding tert-OH is 1. The van der Waals surface area contributed by atoms with Crippen molar-refractivity contribution in [1.82, 2.24) is 0 Å². The van der Waals surface area contributed by atoms with E-state index in [9.17, 15) is 15.2 Å². The normalized spacial score (nSPS) is 12.4. The molecule has 0 aliphatic carbocycles. The Morgan fingerprint density at radius 3 is 2.81 bits per heavy atom. The summed E-state index contributed by atoms with van der Waals surface area (Å²) in [5, 5.41) is 20.4. The molecule has 5 nitrogen and oxygen atoms in total. The van der Waals surface area contributed by atoms with E-state index in [-0.39, 0.29) is 12.1 Å². The number of nitro benzene ring substituents is 1. The van der Waals surface area contributed by atoms with E-state index in [4.69, 9.17) is 4.74 Å². The van der Waals surface area contributed by atoms with Gasteiger partial charge >= 0.3 is 0 Å². The molecule has 0 saturated carbocycles. The van der Waals surface area contributed by atoms with E-state index in [1.54, 1.807) is 25.3 Å². The third-order valence-electron chi connectivity index (χ3n) is 2.30. The predicted octanol–water partition coefficient (Wildman–Crippen LogP) is 1.53. The Balaban J connectivity index is 2.69. The molecule has 0 radical (unpaired) electrons. The first-order valence-corrected chi connectivity index (χ1v) is 5.04. The van der Waals surface area contributed by atoms with Crippen LogP contribution in [0.25, 0.3) is 0 Å². The second kappa shape index (κ2) is 6.19. The molecule has 0 aliphatic rings. The Labute approximate surface area is 93.8 Å². The molecule has 0 bridgehead atoms. The fourth-order valence-electron chi connectivity index (χ4n) is 1.47. The van der Waals surface area contributed by atoms with Crippen molar-refractivity contribution >= 4 is 5.69 Å². The highest BCUT2D eigenvalue weighted by atomic mass is 16.6. The molecule has 0 fully saturated rings. The van der Waals surface area contributed by atoms with E-state index in [2.05, 4.69) is 0 Å². The second-order valence-corrected chi connectivity index (χ2v) is 3.53. The maximum absolute atomic E-state index is 10.7. The first-order chi connectivity index (χ1) is 7.65. The minimum Gasteiger partial charge on any atom is -0.393 e. The van der Waals surface area contributed by atoms with Gasteiger partial charge in [0.15, 0.2) is 0 Å². The van der Waals surface area contributed by atoms with Gasteiger partial charge in [-0.1, -0.05) is 18.2 Å². The highest BCUT2D eigenvalue weighted by molar-refractivity contribution is 5.40. The van der Waals surface area contributed by atoms with E-state index >= 15 is 0 Å². The minimum absolute atomic E-state index is 0.0546. The molecule has 88 valence electrons. The molecule has 1 aromatic rings. The fourth-order valence-corrected chi connectivity index (χ4v) is 1.47. The summed E-state index contributed by atoms with van der Waals surface area (Å²) in [5.41, 5.74) is 0.607. The van der Waals surface area contributed by atoms with E-state index in [0.29, 0.717) is 18.6 Å². The first kappa shape index (κ1) is 12.6. The quantitative estimate of drug-likeness (QED) is 0.588. The van der Waals surface area contributed by atoms with Crippen LogP contribution in [0.2, 0.25) is 0 Å². The van der Waals surface area contributed by atoms with Crippen molar-refractivity contribution in [1.29, 1.82) is 0 Å². The van der Waals surface area contributed by atoms with Crippen LogP contribution in [0.3, 0.4) is 0 Å². The number of nitro groups is 1. The van der Waals surface area contributed by atoms with Crippen molar-refractivity contribution in [3.63, 3.8) is 0 Å². The Morgan fingerprint density at radius 2 is 2.19 bits per heavy atom. The molecule has 0 aliphatic heterocycles. The van der Waals surface area contributed by atoms with Gasteiger partial charge in [0.2, 0.25) is 0 Å².